The molecule has 0 unspecified atom stereocenters. The van der Waals surface area contributed by atoms with Crippen LogP contribution in [0.3, 0.4) is 0 Å². The Morgan fingerprint density at radius 3 is 2.38 bits per heavy atom. The molecule has 0 amide bonds. The van der Waals surface area contributed by atoms with Crippen molar-refractivity contribution in [3.63, 3.8) is 0 Å². The van der Waals surface area contributed by atoms with Crippen LogP contribution in [0.5, 0.6) is 0 Å². The third-order valence-electron chi connectivity index (χ3n) is 2.39. The molecular formula is C10H21NO4S. The molecule has 5 nitrogen and oxygen atoms in total. The summed E-state index contributed by atoms with van der Waals surface area (Å²) in [5.41, 5.74) is 0. The molecule has 1 fully saturated rings. The van der Waals surface area contributed by atoms with Crippen molar-refractivity contribution in [1.29, 1.82) is 0 Å². The smallest absolute Gasteiger partial charge is 0.162 e. The maximum Gasteiger partial charge on any atom is 0.162 e. The molecule has 0 bridgehead atoms. The predicted octanol–water partition coefficient (Wildman–Crippen LogP) is 0.162. The fraction of sp³-hybridized carbons (Fsp3) is 1.00. The molecule has 96 valence electrons. The third-order valence-corrected chi connectivity index (χ3v) is 3.42. The van der Waals surface area contributed by atoms with Crippen molar-refractivity contribution in [2.45, 2.75) is 32.1 Å². The van der Waals surface area contributed by atoms with Crippen molar-refractivity contribution >= 4 is 9.84 Å². The van der Waals surface area contributed by atoms with Crippen LogP contribution in [0.4, 0.5) is 0 Å². The lowest BCUT2D eigenvalue weighted by Crippen LogP contribution is -2.48. The summed E-state index contributed by atoms with van der Waals surface area (Å²) in [5.74, 6) is -0.273. The zero-order chi connectivity index (χ0) is 12.2. The number of nitrogens with one attached hydrogen (secondary N) is 1. The van der Waals surface area contributed by atoms with Crippen LogP contribution in [0.2, 0.25) is 0 Å². The lowest BCUT2D eigenvalue weighted by Gasteiger charge is -2.35. The second kappa shape index (κ2) is 5.44. The average molecular weight is 251 g/mol. The zero-order valence-corrected chi connectivity index (χ0v) is 11.0. The van der Waals surface area contributed by atoms with Crippen molar-refractivity contribution in [2.75, 3.05) is 31.8 Å². The highest BCUT2D eigenvalue weighted by atomic mass is 32.2. The summed E-state index contributed by atoms with van der Waals surface area (Å²) in [4.78, 5) is 0. The predicted molar refractivity (Wildman–Crippen MR) is 62.1 cm³/mol. The third kappa shape index (κ3) is 5.79. The first kappa shape index (κ1) is 13.9. The molecule has 0 saturated carbocycles. The molecule has 0 aromatic rings. The zero-order valence-electron chi connectivity index (χ0n) is 10.2. The summed E-state index contributed by atoms with van der Waals surface area (Å²) >= 11 is 0. The van der Waals surface area contributed by atoms with Crippen LogP contribution < -0.4 is 5.32 Å². The quantitative estimate of drug-likeness (QED) is 0.705. The molecule has 16 heavy (non-hydrogen) atoms. The van der Waals surface area contributed by atoms with Gasteiger partial charge in [0.1, 0.15) is 9.84 Å². The monoisotopic (exact) mass is 251 g/mol. The van der Waals surface area contributed by atoms with Crippen molar-refractivity contribution in [3.05, 3.63) is 0 Å². The average Bonchev–Trinajstić information content (AvgIpc) is 2.13. The lowest BCUT2D eigenvalue weighted by molar-refractivity contribution is -0.252. The van der Waals surface area contributed by atoms with Crippen molar-refractivity contribution < 1.29 is 17.9 Å². The Hall–Kier alpha value is -0.170. The van der Waals surface area contributed by atoms with Crippen LogP contribution in [0.25, 0.3) is 0 Å². The summed E-state index contributed by atoms with van der Waals surface area (Å²) in [5, 5.41) is 3.22. The van der Waals surface area contributed by atoms with E-state index in [9.17, 15) is 8.42 Å². The summed E-state index contributed by atoms with van der Waals surface area (Å²) in [7, 11) is -2.85. The van der Waals surface area contributed by atoms with E-state index in [1.165, 1.54) is 6.26 Å². The molecule has 1 aliphatic rings. The Balaban J connectivity index is 2.11. The normalized spacial score (nSPS) is 22.2. The minimum atomic E-state index is -2.85. The molecule has 0 aliphatic carbocycles. The van der Waals surface area contributed by atoms with Gasteiger partial charge in [0.15, 0.2) is 5.79 Å². The van der Waals surface area contributed by atoms with E-state index in [2.05, 4.69) is 5.32 Å². The summed E-state index contributed by atoms with van der Waals surface area (Å²) in [6, 6.07) is 0.160. The van der Waals surface area contributed by atoms with E-state index >= 15 is 0 Å². The number of ether oxygens (including phenoxy) is 2. The molecular weight excluding hydrogens is 230 g/mol. The molecule has 1 rings (SSSR count). The molecule has 6 heteroatoms. The van der Waals surface area contributed by atoms with Crippen LogP contribution in [-0.4, -0.2) is 52.0 Å². The molecule has 0 spiro atoms. The highest BCUT2D eigenvalue weighted by molar-refractivity contribution is 7.90. The molecule has 1 saturated heterocycles. The summed E-state index contributed by atoms with van der Waals surface area (Å²) < 4.78 is 32.7. The Kier molecular flexibility index (Phi) is 4.73. The van der Waals surface area contributed by atoms with Crippen LogP contribution in [-0.2, 0) is 19.3 Å². The molecule has 0 atom stereocenters. The molecule has 1 heterocycles. The lowest BCUT2D eigenvalue weighted by atomic mass is 10.2. The summed E-state index contributed by atoms with van der Waals surface area (Å²) in [6.07, 6.45) is 1.88. The van der Waals surface area contributed by atoms with Crippen LogP contribution in [0.15, 0.2) is 0 Å². The number of rotatable bonds is 5. The Bertz CT molecular complexity index is 303. The first-order valence-electron chi connectivity index (χ1n) is 5.47. The van der Waals surface area contributed by atoms with Crippen molar-refractivity contribution in [2.24, 2.45) is 0 Å². The van der Waals surface area contributed by atoms with Gasteiger partial charge in [0.2, 0.25) is 0 Å². The van der Waals surface area contributed by atoms with E-state index < -0.39 is 15.6 Å². The fourth-order valence-corrected chi connectivity index (χ4v) is 2.12. The second-order valence-corrected chi connectivity index (χ2v) is 6.92. The van der Waals surface area contributed by atoms with E-state index in [1.807, 2.05) is 13.8 Å². The Labute approximate surface area is 97.4 Å². The van der Waals surface area contributed by atoms with E-state index in [0.717, 1.165) is 0 Å². The number of sulfone groups is 1. The van der Waals surface area contributed by atoms with Gasteiger partial charge in [0.05, 0.1) is 25.0 Å². The largest absolute Gasteiger partial charge is 0.349 e. The molecule has 0 radical (unpaired) electrons. The molecule has 0 aromatic carbocycles. The minimum absolute atomic E-state index is 0.160. The fourth-order valence-electron chi connectivity index (χ4n) is 1.45. The SMILES string of the molecule is CC1(C)OCC(NCCCS(C)(=O)=O)CO1. The number of hydrogen-bond acceptors (Lipinski definition) is 5. The number of hydrogen-bond donors (Lipinski definition) is 1. The van der Waals surface area contributed by atoms with Gasteiger partial charge in [-0.25, -0.2) is 8.42 Å². The molecule has 1 aliphatic heterocycles. The van der Waals surface area contributed by atoms with Gasteiger partial charge in [-0.2, -0.15) is 0 Å². The van der Waals surface area contributed by atoms with Crippen molar-refractivity contribution in [1.82, 2.24) is 5.32 Å². The van der Waals surface area contributed by atoms with Crippen LogP contribution in [0.1, 0.15) is 20.3 Å². The highest BCUT2D eigenvalue weighted by Crippen LogP contribution is 2.16. The maximum absolute atomic E-state index is 10.9. The van der Waals surface area contributed by atoms with Gasteiger partial charge in [0.25, 0.3) is 0 Å². The van der Waals surface area contributed by atoms with Crippen molar-refractivity contribution in [3.8, 4) is 0 Å². The van der Waals surface area contributed by atoms with E-state index in [4.69, 9.17) is 9.47 Å². The first-order valence-corrected chi connectivity index (χ1v) is 7.54. The van der Waals surface area contributed by atoms with Gasteiger partial charge in [-0.15, -0.1) is 0 Å². The minimum Gasteiger partial charge on any atom is -0.349 e. The maximum atomic E-state index is 10.9. The first-order chi connectivity index (χ1) is 7.29. The second-order valence-electron chi connectivity index (χ2n) is 4.66. The van der Waals surface area contributed by atoms with Gasteiger partial charge in [-0.1, -0.05) is 0 Å². The Morgan fingerprint density at radius 2 is 1.88 bits per heavy atom. The molecule has 1 N–H and O–H groups in total. The highest BCUT2D eigenvalue weighted by Gasteiger charge is 2.27. The van der Waals surface area contributed by atoms with E-state index in [1.54, 1.807) is 0 Å². The van der Waals surface area contributed by atoms with Gasteiger partial charge in [0, 0.05) is 6.26 Å². The van der Waals surface area contributed by atoms with E-state index in [0.29, 0.717) is 26.2 Å². The van der Waals surface area contributed by atoms with Gasteiger partial charge in [-0.3, -0.25) is 0 Å². The molecule has 0 aromatic heterocycles. The van der Waals surface area contributed by atoms with Crippen LogP contribution in [0, 0.1) is 0 Å². The Morgan fingerprint density at radius 1 is 1.31 bits per heavy atom. The van der Waals surface area contributed by atoms with E-state index in [-0.39, 0.29) is 11.8 Å². The summed E-state index contributed by atoms with van der Waals surface area (Å²) in [6.45, 7) is 5.64. The van der Waals surface area contributed by atoms with Gasteiger partial charge in [-0.05, 0) is 26.8 Å². The van der Waals surface area contributed by atoms with Gasteiger partial charge >= 0.3 is 0 Å². The standard InChI is InChI=1S/C10H21NO4S/c1-10(2)14-7-9(8-15-10)11-5-4-6-16(3,12)13/h9,11H,4-8H2,1-3H3. The van der Waals surface area contributed by atoms with Crippen LogP contribution >= 0.6 is 0 Å². The van der Waals surface area contributed by atoms with Gasteiger partial charge < -0.3 is 14.8 Å². The topological polar surface area (TPSA) is 64.6 Å².